The van der Waals surface area contributed by atoms with Crippen LogP contribution in [0.1, 0.15) is 33.2 Å². The lowest BCUT2D eigenvalue weighted by atomic mass is 9.82. The Bertz CT molecular complexity index is 404. The third-order valence-electron chi connectivity index (χ3n) is 2.64. The highest BCUT2D eigenvalue weighted by molar-refractivity contribution is 6.37. The zero-order chi connectivity index (χ0) is 10.5. The first-order valence-corrected chi connectivity index (χ1v) is 4.97. The Morgan fingerprint density at radius 1 is 1.43 bits per heavy atom. The van der Waals surface area contributed by atoms with Crippen molar-refractivity contribution in [2.24, 2.45) is 0 Å². The standard InChI is InChI=1S/C10H8Cl2O2/c1-4-6(3-13)10(12)5-2-7(14)8(5)9(4)11/h3,7,14H,2H2,1H3. The lowest BCUT2D eigenvalue weighted by Crippen LogP contribution is -2.19. The largest absolute Gasteiger partial charge is 0.388 e. The summed E-state index contributed by atoms with van der Waals surface area (Å²) in [6.07, 6.45) is 0.651. The van der Waals surface area contributed by atoms with Crippen molar-refractivity contribution < 1.29 is 9.90 Å². The van der Waals surface area contributed by atoms with Gasteiger partial charge < -0.3 is 5.11 Å². The van der Waals surface area contributed by atoms with Gasteiger partial charge in [0.15, 0.2) is 6.29 Å². The summed E-state index contributed by atoms with van der Waals surface area (Å²) < 4.78 is 0. The maximum absolute atomic E-state index is 10.8. The van der Waals surface area contributed by atoms with Crippen molar-refractivity contribution in [1.29, 1.82) is 0 Å². The number of benzene rings is 1. The molecule has 0 aliphatic heterocycles. The Kier molecular flexibility index (Phi) is 2.30. The van der Waals surface area contributed by atoms with Crippen LogP contribution in [0.15, 0.2) is 0 Å². The van der Waals surface area contributed by atoms with E-state index in [4.69, 9.17) is 23.2 Å². The van der Waals surface area contributed by atoms with Crippen molar-refractivity contribution in [2.75, 3.05) is 0 Å². The first-order chi connectivity index (χ1) is 6.57. The summed E-state index contributed by atoms with van der Waals surface area (Å²) in [6, 6.07) is 0. The fourth-order valence-corrected chi connectivity index (χ4v) is 2.46. The molecule has 2 rings (SSSR count). The van der Waals surface area contributed by atoms with E-state index in [1.54, 1.807) is 6.92 Å². The second kappa shape index (κ2) is 3.23. The normalized spacial score (nSPS) is 18.7. The van der Waals surface area contributed by atoms with E-state index in [1.807, 2.05) is 0 Å². The van der Waals surface area contributed by atoms with Crippen LogP contribution in [-0.2, 0) is 6.42 Å². The van der Waals surface area contributed by atoms with Crippen molar-refractivity contribution in [3.8, 4) is 0 Å². The summed E-state index contributed by atoms with van der Waals surface area (Å²) in [6.45, 7) is 1.73. The topological polar surface area (TPSA) is 37.3 Å². The predicted octanol–water partition coefficient (Wildman–Crippen LogP) is 2.70. The fraction of sp³-hybridized carbons (Fsp3) is 0.300. The number of rotatable bonds is 1. The second-order valence-corrected chi connectivity index (χ2v) is 4.15. The van der Waals surface area contributed by atoms with Gasteiger partial charge in [0.25, 0.3) is 0 Å². The molecule has 0 heterocycles. The maximum Gasteiger partial charge on any atom is 0.151 e. The Morgan fingerprint density at radius 3 is 2.57 bits per heavy atom. The van der Waals surface area contributed by atoms with E-state index in [1.165, 1.54) is 0 Å². The molecule has 1 aromatic rings. The van der Waals surface area contributed by atoms with Crippen molar-refractivity contribution in [1.82, 2.24) is 0 Å². The van der Waals surface area contributed by atoms with Crippen molar-refractivity contribution in [3.63, 3.8) is 0 Å². The smallest absolute Gasteiger partial charge is 0.151 e. The summed E-state index contributed by atoms with van der Waals surface area (Å²) in [7, 11) is 0. The van der Waals surface area contributed by atoms with Crippen molar-refractivity contribution >= 4 is 29.5 Å². The van der Waals surface area contributed by atoms with Crippen LogP contribution in [0.4, 0.5) is 0 Å². The van der Waals surface area contributed by atoms with Crippen LogP contribution in [0.3, 0.4) is 0 Å². The van der Waals surface area contributed by atoms with Crippen LogP contribution >= 0.6 is 23.2 Å². The molecule has 0 aromatic heterocycles. The highest BCUT2D eigenvalue weighted by Gasteiger charge is 2.32. The van der Waals surface area contributed by atoms with Crippen LogP contribution in [-0.4, -0.2) is 11.4 Å². The number of aliphatic hydroxyl groups is 1. The monoisotopic (exact) mass is 230 g/mol. The molecule has 1 N–H and O–H groups in total. The number of carbonyl (C=O) groups excluding carboxylic acids is 1. The number of aliphatic hydroxyl groups excluding tert-OH is 1. The highest BCUT2D eigenvalue weighted by Crippen LogP contribution is 2.45. The molecule has 0 bridgehead atoms. The SMILES string of the molecule is Cc1c(Cl)c2c(c(Cl)c1C=O)CC2O. The third kappa shape index (κ3) is 1.11. The average molecular weight is 231 g/mol. The molecule has 0 radical (unpaired) electrons. The minimum atomic E-state index is -0.533. The van der Waals surface area contributed by atoms with E-state index in [0.29, 0.717) is 39.4 Å². The molecule has 1 unspecified atom stereocenters. The molecule has 1 aliphatic rings. The number of hydrogen-bond donors (Lipinski definition) is 1. The van der Waals surface area contributed by atoms with Gasteiger partial charge in [-0.3, -0.25) is 4.79 Å². The first kappa shape index (κ1) is 9.97. The van der Waals surface area contributed by atoms with Gasteiger partial charge in [0, 0.05) is 17.5 Å². The minimum Gasteiger partial charge on any atom is -0.388 e. The molecule has 0 spiro atoms. The molecule has 74 valence electrons. The number of aldehydes is 1. The lowest BCUT2D eigenvalue weighted by molar-refractivity contribution is 0.112. The molecule has 4 heteroatoms. The summed E-state index contributed by atoms with van der Waals surface area (Å²) >= 11 is 12.0. The molecule has 1 aromatic carbocycles. The van der Waals surface area contributed by atoms with E-state index >= 15 is 0 Å². The summed E-state index contributed by atoms with van der Waals surface area (Å²) in [5.41, 5.74) is 2.56. The Morgan fingerprint density at radius 2 is 2.07 bits per heavy atom. The van der Waals surface area contributed by atoms with E-state index in [-0.39, 0.29) is 0 Å². The molecule has 1 atom stereocenters. The van der Waals surface area contributed by atoms with E-state index in [0.717, 1.165) is 5.56 Å². The van der Waals surface area contributed by atoms with E-state index in [9.17, 15) is 9.90 Å². The molecule has 0 saturated carbocycles. The number of fused-ring (bicyclic) bond motifs is 1. The van der Waals surface area contributed by atoms with Crippen molar-refractivity contribution in [3.05, 3.63) is 32.3 Å². The quantitative estimate of drug-likeness (QED) is 0.754. The molecule has 2 nitrogen and oxygen atoms in total. The zero-order valence-electron chi connectivity index (χ0n) is 7.47. The van der Waals surface area contributed by atoms with Gasteiger partial charge in [-0.1, -0.05) is 23.2 Å². The van der Waals surface area contributed by atoms with Crippen molar-refractivity contribution in [2.45, 2.75) is 19.4 Å². The minimum absolute atomic E-state index is 0.433. The zero-order valence-corrected chi connectivity index (χ0v) is 8.99. The third-order valence-corrected chi connectivity index (χ3v) is 3.56. The van der Waals surface area contributed by atoms with Gasteiger partial charge in [-0.25, -0.2) is 0 Å². The molecular weight excluding hydrogens is 223 g/mol. The van der Waals surface area contributed by atoms with Crippen LogP contribution in [0.5, 0.6) is 0 Å². The number of halogens is 2. The van der Waals surface area contributed by atoms with Crippen LogP contribution in [0.25, 0.3) is 0 Å². The Hall–Kier alpha value is -0.570. The summed E-state index contributed by atoms with van der Waals surface area (Å²) in [4.78, 5) is 10.8. The highest BCUT2D eigenvalue weighted by atomic mass is 35.5. The molecule has 0 fully saturated rings. The average Bonchev–Trinajstić information content (AvgIpc) is 2.12. The molecular formula is C10H8Cl2O2. The lowest BCUT2D eigenvalue weighted by Gasteiger charge is -2.29. The molecule has 1 aliphatic carbocycles. The van der Waals surface area contributed by atoms with Gasteiger partial charge in [0.1, 0.15) is 0 Å². The Balaban J connectivity index is 2.77. The van der Waals surface area contributed by atoms with E-state index in [2.05, 4.69) is 0 Å². The maximum atomic E-state index is 10.8. The van der Waals surface area contributed by atoms with Crippen LogP contribution in [0.2, 0.25) is 10.0 Å². The fourth-order valence-electron chi connectivity index (χ4n) is 1.75. The number of carbonyl (C=O) groups is 1. The van der Waals surface area contributed by atoms with Gasteiger partial charge in [-0.05, 0) is 18.1 Å². The van der Waals surface area contributed by atoms with E-state index < -0.39 is 6.10 Å². The second-order valence-electron chi connectivity index (χ2n) is 3.40. The molecule has 14 heavy (non-hydrogen) atoms. The van der Waals surface area contributed by atoms with Crippen LogP contribution in [0, 0.1) is 6.92 Å². The number of hydrogen-bond acceptors (Lipinski definition) is 2. The summed E-state index contributed by atoms with van der Waals surface area (Å²) in [5.74, 6) is 0. The first-order valence-electron chi connectivity index (χ1n) is 4.21. The van der Waals surface area contributed by atoms with Gasteiger partial charge in [-0.2, -0.15) is 0 Å². The van der Waals surface area contributed by atoms with Crippen LogP contribution < -0.4 is 0 Å². The van der Waals surface area contributed by atoms with Gasteiger partial charge in [-0.15, -0.1) is 0 Å². The Labute approximate surface area is 91.4 Å². The predicted molar refractivity (Wildman–Crippen MR) is 55.3 cm³/mol. The molecule has 0 amide bonds. The van der Waals surface area contributed by atoms with Gasteiger partial charge >= 0.3 is 0 Å². The van der Waals surface area contributed by atoms with Gasteiger partial charge in [0.2, 0.25) is 0 Å². The van der Waals surface area contributed by atoms with Gasteiger partial charge in [0.05, 0.1) is 16.1 Å². The summed E-state index contributed by atoms with van der Waals surface area (Å²) in [5, 5.41) is 10.4. The molecule has 0 saturated heterocycles.